The van der Waals surface area contributed by atoms with Gasteiger partial charge >= 0.3 is 0 Å². The van der Waals surface area contributed by atoms with Crippen LogP contribution in [0.3, 0.4) is 0 Å². The highest BCUT2D eigenvalue weighted by Gasteiger charge is 2.43. The van der Waals surface area contributed by atoms with E-state index in [-0.39, 0.29) is 11.5 Å². The van der Waals surface area contributed by atoms with Crippen molar-refractivity contribution in [1.29, 1.82) is 0 Å². The minimum Gasteiger partial charge on any atom is -0.382 e. The fourth-order valence-corrected chi connectivity index (χ4v) is 6.47. The molecular formula is C35H58NO2S. The maximum atomic E-state index is 10.5. The van der Waals surface area contributed by atoms with E-state index in [1.165, 1.54) is 16.7 Å². The van der Waals surface area contributed by atoms with Crippen molar-refractivity contribution in [3.05, 3.63) is 78.5 Å². The zero-order chi connectivity index (χ0) is 29.2. The third kappa shape index (κ3) is 12.0. The molecule has 39 heavy (non-hydrogen) atoms. The van der Waals surface area contributed by atoms with Gasteiger partial charge < -0.3 is 9.84 Å². The highest BCUT2D eigenvalue weighted by molar-refractivity contribution is 7.99. The summed E-state index contributed by atoms with van der Waals surface area (Å²) in [5.74, 6) is 2.34. The minimum absolute atomic E-state index is 0.0718. The second-order valence-electron chi connectivity index (χ2n) is 10.4. The molecular weight excluding hydrogens is 498 g/mol. The van der Waals surface area contributed by atoms with E-state index in [4.69, 9.17) is 4.74 Å². The third-order valence-corrected chi connectivity index (χ3v) is 8.96. The van der Waals surface area contributed by atoms with E-state index < -0.39 is 0 Å². The van der Waals surface area contributed by atoms with Crippen LogP contribution >= 0.6 is 11.8 Å². The molecule has 3 rings (SSSR count). The lowest BCUT2D eigenvalue weighted by Crippen LogP contribution is -2.55. The molecule has 0 saturated carbocycles. The monoisotopic (exact) mass is 556 g/mol. The number of thioether (sulfide) groups is 1. The van der Waals surface area contributed by atoms with Gasteiger partial charge in [0.15, 0.2) is 0 Å². The Morgan fingerprint density at radius 3 is 2.44 bits per heavy atom. The van der Waals surface area contributed by atoms with Gasteiger partial charge in [-0.1, -0.05) is 109 Å². The van der Waals surface area contributed by atoms with Crippen molar-refractivity contribution in [2.75, 3.05) is 12.3 Å². The van der Waals surface area contributed by atoms with Crippen molar-refractivity contribution in [2.24, 2.45) is 17.8 Å². The summed E-state index contributed by atoms with van der Waals surface area (Å²) in [5.41, 5.74) is 3.46. The van der Waals surface area contributed by atoms with Crippen molar-refractivity contribution in [3.8, 4) is 0 Å². The number of rotatable bonds is 11. The van der Waals surface area contributed by atoms with Crippen LogP contribution in [0, 0.1) is 24.4 Å². The standard InChI is InChI=1S/C31H46NO2S.2C2H6/c1-6-19-35-29(33)20-26(7-2)15-16-28-22-32(21-27-11-9-8-10-12-27)25(5)31-30(28)24(4)14-13-23(3)17-18-34-31;2*1-2/h8-14,17-18,25-26,28-31,33H,4,6-7,15-16,19-22H2,1-3,5H3;2*1-2H3/b14-13-,23-17-;;/t25-,26?,28-,29?,30?,31?;;/m1../s1. The van der Waals surface area contributed by atoms with E-state index in [9.17, 15) is 5.11 Å². The summed E-state index contributed by atoms with van der Waals surface area (Å²) in [6.07, 6.45) is 11.9. The smallest absolute Gasteiger partial charge is 0.106 e. The maximum absolute atomic E-state index is 10.5. The predicted molar refractivity (Wildman–Crippen MR) is 174 cm³/mol. The van der Waals surface area contributed by atoms with Crippen LogP contribution < -0.4 is 0 Å². The summed E-state index contributed by atoms with van der Waals surface area (Å²) in [5, 5.41) is 10.5. The van der Waals surface area contributed by atoms with Crippen molar-refractivity contribution < 1.29 is 9.84 Å². The number of hydrogen-bond acceptors (Lipinski definition) is 4. The molecule has 0 aromatic heterocycles. The third-order valence-electron chi connectivity index (χ3n) is 7.74. The number of hydrogen-bond donors (Lipinski definition) is 1. The number of allylic oxidation sites excluding steroid dienone is 3. The molecule has 6 atom stereocenters. The molecule has 4 unspecified atom stereocenters. The summed E-state index contributed by atoms with van der Waals surface area (Å²) >= 11 is 1.70. The lowest BCUT2D eigenvalue weighted by Gasteiger charge is -2.48. The van der Waals surface area contributed by atoms with E-state index in [0.717, 1.165) is 50.9 Å². The van der Waals surface area contributed by atoms with Gasteiger partial charge in [0.05, 0.1) is 11.5 Å². The Balaban J connectivity index is 0.00000181. The van der Waals surface area contributed by atoms with Crippen LogP contribution in [-0.2, 0) is 11.3 Å². The van der Waals surface area contributed by atoms with Gasteiger partial charge in [0, 0.05) is 25.0 Å². The first-order chi connectivity index (χ1) is 18.9. The first-order valence-electron chi connectivity index (χ1n) is 15.5. The van der Waals surface area contributed by atoms with E-state index in [0.29, 0.717) is 23.8 Å². The van der Waals surface area contributed by atoms with Crippen molar-refractivity contribution in [2.45, 2.75) is 112 Å². The zero-order valence-corrected chi connectivity index (χ0v) is 27.1. The molecule has 0 spiro atoms. The van der Waals surface area contributed by atoms with Crippen LogP contribution in [0.4, 0.5) is 0 Å². The summed E-state index contributed by atoms with van der Waals surface area (Å²) < 4.78 is 6.47. The van der Waals surface area contributed by atoms with Crippen LogP contribution in [-0.4, -0.2) is 39.9 Å². The highest BCUT2D eigenvalue weighted by Crippen LogP contribution is 2.40. The summed E-state index contributed by atoms with van der Waals surface area (Å²) in [7, 11) is 0. The quantitative estimate of drug-likeness (QED) is 0.275. The Hall–Kier alpha value is -1.33. The fraction of sp³-hybridized carbons (Fsp3) is 0.629. The van der Waals surface area contributed by atoms with Crippen molar-refractivity contribution >= 4 is 11.8 Å². The highest BCUT2D eigenvalue weighted by atomic mass is 32.2. The Labute approximate surface area is 246 Å². The largest absolute Gasteiger partial charge is 0.382 e. The van der Waals surface area contributed by atoms with Gasteiger partial charge in [0.1, 0.15) is 6.61 Å². The molecule has 4 heteroatoms. The van der Waals surface area contributed by atoms with Gasteiger partial charge in [-0.25, -0.2) is 0 Å². The van der Waals surface area contributed by atoms with E-state index in [1.54, 1.807) is 11.8 Å². The topological polar surface area (TPSA) is 32.7 Å². The van der Waals surface area contributed by atoms with E-state index >= 15 is 0 Å². The van der Waals surface area contributed by atoms with Gasteiger partial charge in [0.25, 0.3) is 0 Å². The first kappa shape index (κ1) is 35.7. The average molecular weight is 557 g/mol. The number of nitrogens with zero attached hydrogens (tertiary/aromatic N) is 1. The number of benzene rings is 1. The Morgan fingerprint density at radius 1 is 1.10 bits per heavy atom. The molecule has 221 valence electrons. The molecule has 1 radical (unpaired) electrons. The van der Waals surface area contributed by atoms with Crippen LogP contribution in [0.15, 0.2) is 66.3 Å². The maximum Gasteiger partial charge on any atom is 0.106 e. The Kier molecular flexibility index (Phi) is 18.8. The molecule has 2 aliphatic rings. The van der Waals surface area contributed by atoms with E-state index in [2.05, 4.69) is 87.7 Å². The zero-order valence-electron chi connectivity index (χ0n) is 26.2. The van der Waals surface area contributed by atoms with Crippen molar-refractivity contribution in [3.63, 3.8) is 0 Å². The fourth-order valence-electron chi connectivity index (χ4n) is 5.55. The van der Waals surface area contributed by atoms with E-state index in [1.807, 2.05) is 34.3 Å². The average Bonchev–Trinajstić information content (AvgIpc) is 3.04. The molecule has 0 aliphatic carbocycles. The second-order valence-corrected chi connectivity index (χ2v) is 11.7. The van der Waals surface area contributed by atoms with Crippen molar-refractivity contribution in [1.82, 2.24) is 4.90 Å². The van der Waals surface area contributed by atoms with Crippen LogP contribution in [0.25, 0.3) is 0 Å². The molecule has 1 fully saturated rings. The molecule has 3 nitrogen and oxygen atoms in total. The Bertz CT molecular complexity index is 836. The molecule has 0 bridgehead atoms. The molecule has 1 aromatic carbocycles. The molecule has 2 heterocycles. The lowest BCUT2D eigenvalue weighted by molar-refractivity contribution is -0.0636. The van der Waals surface area contributed by atoms with Gasteiger partial charge in [-0.15, -0.1) is 11.8 Å². The van der Waals surface area contributed by atoms with Gasteiger partial charge in [-0.3, -0.25) is 4.90 Å². The lowest BCUT2D eigenvalue weighted by atomic mass is 9.72. The summed E-state index contributed by atoms with van der Waals surface area (Å²) in [4.78, 5) is 2.60. The first-order valence-corrected chi connectivity index (χ1v) is 16.6. The molecule has 1 saturated heterocycles. The van der Waals surface area contributed by atoms with Crippen LogP contribution in [0.5, 0.6) is 0 Å². The number of ether oxygens (including phenoxy) is 1. The summed E-state index contributed by atoms with van der Waals surface area (Å²) in [6, 6.07) is 11.1. The van der Waals surface area contributed by atoms with Gasteiger partial charge in [-0.2, -0.15) is 0 Å². The number of likely N-dealkylation sites (tertiary alicyclic amines) is 1. The number of aliphatic hydroxyl groups excluding tert-OH is 1. The normalized spacial score (nSPS) is 27.0. The van der Waals surface area contributed by atoms with Gasteiger partial charge in [0.2, 0.25) is 0 Å². The van der Waals surface area contributed by atoms with Crippen LogP contribution in [0.2, 0.25) is 0 Å². The second kappa shape index (κ2) is 20.5. The number of fused-ring (bicyclic) bond motifs is 1. The molecule has 1 aromatic rings. The SMILES string of the molecule is C=C1/C=C\C(C)=C/[CH]OC2C1[C@H](CCC(CC)CC(O)SCCC)CN(Cc1ccccc1)[C@@H]2C.CC.CC. The molecule has 2 aliphatic heterocycles. The van der Waals surface area contributed by atoms with Crippen LogP contribution in [0.1, 0.15) is 93.1 Å². The summed E-state index contributed by atoms with van der Waals surface area (Å²) in [6.45, 7) is 25.3. The number of piperidine rings is 1. The number of aliphatic hydroxyl groups is 1. The predicted octanol–water partition coefficient (Wildman–Crippen LogP) is 9.45. The minimum atomic E-state index is -0.247. The van der Waals surface area contributed by atoms with Gasteiger partial charge in [-0.05, 0) is 68.3 Å². The Morgan fingerprint density at radius 2 is 1.79 bits per heavy atom. The molecule has 0 amide bonds. The molecule has 1 N–H and O–H groups in total.